The molecule has 1 fully saturated rings. The minimum Gasteiger partial charge on any atom is -0.329 e. The van der Waals surface area contributed by atoms with Gasteiger partial charge in [-0.25, -0.2) is 0 Å². The molecule has 7 heteroatoms. The average molecular weight is 300 g/mol. The van der Waals surface area contributed by atoms with Crippen LogP contribution in [0.5, 0.6) is 0 Å². The van der Waals surface area contributed by atoms with Gasteiger partial charge in [-0.05, 0) is 18.8 Å². The molecule has 0 radical (unpaired) electrons. The van der Waals surface area contributed by atoms with E-state index in [9.17, 15) is 8.42 Å². The van der Waals surface area contributed by atoms with Crippen molar-refractivity contribution in [2.24, 2.45) is 11.7 Å². The third-order valence-electron chi connectivity index (χ3n) is 3.16. The first-order valence-corrected chi connectivity index (χ1v) is 7.72. The normalized spacial score (nSPS) is 22.2. The zero-order chi connectivity index (χ0) is 13.1. The molecule has 0 spiro atoms. The Morgan fingerprint density at radius 3 is 2.50 bits per heavy atom. The summed E-state index contributed by atoms with van der Waals surface area (Å²) in [5, 5.41) is 0. The quantitative estimate of drug-likeness (QED) is 0.825. The summed E-state index contributed by atoms with van der Waals surface area (Å²) in [5.41, 5.74) is 5.67. The van der Waals surface area contributed by atoms with Crippen LogP contribution in [0, 0.1) is 5.92 Å². The Morgan fingerprint density at radius 1 is 1.39 bits per heavy atom. The second-order valence-electron chi connectivity index (χ2n) is 5.18. The molecule has 0 aliphatic carbocycles. The van der Waals surface area contributed by atoms with Crippen LogP contribution in [0.15, 0.2) is 0 Å². The van der Waals surface area contributed by atoms with E-state index in [1.807, 2.05) is 13.8 Å². The molecule has 1 aliphatic heterocycles. The minimum absolute atomic E-state index is 0. The van der Waals surface area contributed by atoms with Crippen molar-refractivity contribution in [1.82, 2.24) is 8.61 Å². The number of rotatable bonds is 5. The Hall–Kier alpha value is 0.120. The van der Waals surface area contributed by atoms with Gasteiger partial charge in [-0.1, -0.05) is 20.3 Å². The van der Waals surface area contributed by atoms with Crippen LogP contribution in [0.3, 0.4) is 0 Å². The Balaban J connectivity index is 0.00000289. The summed E-state index contributed by atoms with van der Waals surface area (Å²) in [6.45, 7) is 5.60. The third-order valence-corrected chi connectivity index (χ3v) is 5.17. The van der Waals surface area contributed by atoms with Gasteiger partial charge in [0.1, 0.15) is 0 Å². The number of hydrogen-bond acceptors (Lipinski definition) is 3. The molecule has 5 nitrogen and oxygen atoms in total. The Kier molecular flexibility index (Phi) is 7.70. The maximum atomic E-state index is 12.4. The van der Waals surface area contributed by atoms with Crippen molar-refractivity contribution in [2.45, 2.75) is 39.2 Å². The van der Waals surface area contributed by atoms with E-state index in [0.29, 0.717) is 25.6 Å². The number of piperidine rings is 1. The molecule has 18 heavy (non-hydrogen) atoms. The first kappa shape index (κ1) is 18.1. The van der Waals surface area contributed by atoms with Crippen molar-refractivity contribution in [2.75, 3.05) is 26.7 Å². The number of hydrogen-bond donors (Lipinski definition) is 1. The lowest BCUT2D eigenvalue weighted by molar-refractivity contribution is 0.237. The molecule has 1 heterocycles. The van der Waals surface area contributed by atoms with Crippen molar-refractivity contribution in [1.29, 1.82) is 0 Å². The molecule has 1 saturated heterocycles. The van der Waals surface area contributed by atoms with Gasteiger partial charge < -0.3 is 5.73 Å². The van der Waals surface area contributed by atoms with Crippen molar-refractivity contribution < 1.29 is 8.42 Å². The lowest BCUT2D eigenvalue weighted by Crippen LogP contribution is -2.52. The fraction of sp³-hybridized carbons (Fsp3) is 1.00. The molecule has 110 valence electrons. The van der Waals surface area contributed by atoms with Crippen LogP contribution in [0.2, 0.25) is 0 Å². The van der Waals surface area contributed by atoms with E-state index in [1.165, 1.54) is 4.31 Å². The number of halogens is 1. The molecule has 0 bridgehead atoms. The van der Waals surface area contributed by atoms with E-state index in [4.69, 9.17) is 5.73 Å². The maximum absolute atomic E-state index is 12.4. The van der Waals surface area contributed by atoms with Crippen LogP contribution < -0.4 is 5.73 Å². The van der Waals surface area contributed by atoms with Gasteiger partial charge >= 0.3 is 0 Å². The predicted octanol–water partition coefficient (Wildman–Crippen LogP) is 1.05. The molecule has 0 amide bonds. The summed E-state index contributed by atoms with van der Waals surface area (Å²) in [5.74, 6) is 0.330. The third kappa shape index (κ3) is 4.35. The number of nitrogens with two attached hydrogens (primary N) is 1. The highest BCUT2D eigenvalue weighted by Crippen LogP contribution is 2.21. The van der Waals surface area contributed by atoms with Gasteiger partial charge in [0.05, 0.1) is 0 Å². The van der Waals surface area contributed by atoms with Crippen molar-refractivity contribution in [3.63, 3.8) is 0 Å². The van der Waals surface area contributed by atoms with Crippen LogP contribution in [0.25, 0.3) is 0 Å². The molecule has 1 unspecified atom stereocenters. The molecular formula is C11H26ClN3O2S. The van der Waals surface area contributed by atoms with Crippen molar-refractivity contribution in [3.8, 4) is 0 Å². The summed E-state index contributed by atoms with van der Waals surface area (Å²) in [6.07, 6.45) is 2.89. The van der Waals surface area contributed by atoms with E-state index in [0.717, 1.165) is 19.3 Å². The van der Waals surface area contributed by atoms with E-state index in [-0.39, 0.29) is 18.4 Å². The summed E-state index contributed by atoms with van der Waals surface area (Å²) >= 11 is 0. The monoisotopic (exact) mass is 299 g/mol. The standard InChI is InChI=1S/C11H25N3O2S.ClH/c1-10(2)9-13(3)17(15,16)14-7-5-4-6-11(14)8-12;/h10-11H,4-9,12H2,1-3H3;1H. The molecule has 1 aliphatic rings. The fourth-order valence-corrected chi connectivity index (χ4v) is 4.07. The van der Waals surface area contributed by atoms with Crippen LogP contribution in [0.1, 0.15) is 33.1 Å². The molecule has 1 rings (SSSR count). The highest BCUT2D eigenvalue weighted by Gasteiger charge is 2.34. The average Bonchev–Trinajstić information content (AvgIpc) is 2.28. The first-order chi connectivity index (χ1) is 7.89. The second kappa shape index (κ2) is 7.65. The van der Waals surface area contributed by atoms with Gasteiger partial charge in [0, 0.05) is 32.7 Å². The zero-order valence-corrected chi connectivity index (χ0v) is 13.1. The summed E-state index contributed by atoms with van der Waals surface area (Å²) in [6, 6.07) is -0.0247. The summed E-state index contributed by atoms with van der Waals surface area (Å²) in [4.78, 5) is 0. The molecule has 1 atom stereocenters. The van der Waals surface area contributed by atoms with E-state index in [2.05, 4.69) is 0 Å². The smallest absolute Gasteiger partial charge is 0.282 e. The van der Waals surface area contributed by atoms with E-state index < -0.39 is 10.2 Å². The summed E-state index contributed by atoms with van der Waals surface area (Å²) in [7, 11) is -1.68. The molecule has 0 saturated carbocycles. The van der Waals surface area contributed by atoms with E-state index >= 15 is 0 Å². The SMILES string of the molecule is CC(C)CN(C)S(=O)(=O)N1CCCCC1CN.Cl. The second-order valence-corrected chi connectivity index (χ2v) is 7.17. The Morgan fingerprint density at radius 2 is 2.00 bits per heavy atom. The van der Waals surface area contributed by atoms with Crippen LogP contribution in [-0.4, -0.2) is 49.8 Å². The van der Waals surface area contributed by atoms with Crippen molar-refractivity contribution in [3.05, 3.63) is 0 Å². The molecule has 0 aromatic heterocycles. The molecule has 0 aromatic rings. The van der Waals surface area contributed by atoms with Gasteiger partial charge in [0.25, 0.3) is 10.2 Å². The highest BCUT2D eigenvalue weighted by molar-refractivity contribution is 7.86. The summed E-state index contributed by atoms with van der Waals surface area (Å²) < 4.78 is 27.8. The predicted molar refractivity (Wildman–Crippen MR) is 77.0 cm³/mol. The number of nitrogens with zero attached hydrogens (tertiary/aromatic N) is 2. The molecule has 0 aromatic carbocycles. The zero-order valence-electron chi connectivity index (χ0n) is 11.5. The van der Waals surface area contributed by atoms with Crippen LogP contribution >= 0.6 is 12.4 Å². The van der Waals surface area contributed by atoms with Crippen LogP contribution in [-0.2, 0) is 10.2 Å². The lowest BCUT2D eigenvalue weighted by Gasteiger charge is -2.36. The Bertz CT molecular complexity index is 335. The van der Waals surface area contributed by atoms with Gasteiger partial charge in [-0.15, -0.1) is 12.4 Å². The van der Waals surface area contributed by atoms with E-state index in [1.54, 1.807) is 11.4 Å². The van der Waals surface area contributed by atoms with Gasteiger partial charge in [0.2, 0.25) is 0 Å². The maximum Gasteiger partial charge on any atom is 0.282 e. The van der Waals surface area contributed by atoms with Gasteiger partial charge in [-0.3, -0.25) is 0 Å². The van der Waals surface area contributed by atoms with Gasteiger partial charge in [0.15, 0.2) is 0 Å². The van der Waals surface area contributed by atoms with Gasteiger partial charge in [-0.2, -0.15) is 17.0 Å². The first-order valence-electron chi connectivity index (χ1n) is 6.32. The fourth-order valence-electron chi connectivity index (χ4n) is 2.30. The van der Waals surface area contributed by atoms with Crippen LogP contribution in [0.4, 0.5) is 0 Å². The highest BCUT2D eigenvalue weighted by atomic mass is 35.5. The molecular weight excluding hydrogens is 274 g/mol. The molecule has 2 N–H and O–H groups in total. The Labute approximate surface area is 117 Å². The topological polar surface area (TPSA) is 66.6 Å². The van der Waals surface area contributed by atoms with Crippen molar-refractivity contribution >= 4 is 22.6 Å². The minimum atomic E-state index is -3.33. The lowest BCUT2D eigenvalue weighted by atomic mass is 10.1. The largest absolute Gasteiger partial charge is 0.329 e.